The van der Waals surface area contributed by atoms with Gasteiger partial charge in [-0.05, 0) is 39.7 Å². The molecule has 0 N–H and O–H groups in total. The van der Waals surface area contributed by atoms with E-state index in [0.717, 1.165) is 15.7 Å². The fraction of sp³-hybridized carbons (Fsp3) is 0. The monoisotopic (exact) mass is 251 g/mol. The van der Waals surface area contributed by atoms with Gasteiger partial charge in [-0.15, -0.1) is 0 Å². The van der Waals surface area contributed by atoms with Crippen LogP contribution in [0.25, 0.3) is 11.1 Å². The summed E-state index contributed by atoms with van der Waals surface area (Å²) < 4.78 is 13.7. The Balaban J connectivity index is 2.44. The molecule has 2 rings (SSSR count). The minimum absolute atomic E-state index is 0.231. The third-order valence-corrected chi connectivity index (χ3v) is 2.35. The van der Waals surface area contributed by atoms with Crippen LogP contribution < -0.4 is 0 Å². The van der Waals surface area contributed by atoms with E-state index in [-0.39, 0.29) is 5.82 Å². The Bertz CT molecular complexity index is 439. The van der Waals surface area contributed by atoms with Crippen LogP contribution in [-0.2, 0) is 0 Å². The largest absolute Gasteiger partial charge is 0.249 e. The molecule has 0 unspecified atom stereocenters. The predicted octanol–water partition coefficient (Wildman–Crippen LogP) is 3.65. The maximum absolute atomic E-state index is 12.9. The van der Waals surface area contributed by atoms with Gasteiger partial charge >= 0.3 is 0 Å². The first-order chi connectivity index (χ1) is 6.75. The molecule has 0 saturated carbocycles. The van der Waals surface area contributed by atoms with Gasteiger partial charge in [0.1, 0.15) is 10.4 Å². The van der Waals surface area contributed by atoms with Gasteiger partial charge in [-0.3, -0.25) is 0 Å². The molecule has 0 atom stereocenters. The summed E-state index contributed by atoms with van der Waals surface area (Å²) in [5, 5.41) is 0. The van der Waals surface area contributed by atoms with Crippen molar-refractivity contribution in [3.8, 4) is 11.1 Å². The summed E-state index contributed by atoms with van der Waals surface area (Å²) in [5.41, 5.74) is 1.75. The molecule has 2 aromatic rings. The quantitative estimate of drug-likeness (QED) is 0.706. The number of nitrogens with zero attached hydrogens (tertiary/aromatic N) is 1. The second kappa shape index (κ2) is 3.88. The number of hydrogen-bond acceptors (Lipinski definition) is 1. The lowest BCUT2D eigenvalue weighted by molar-refractivity contribution is 0.628. The second-order valence-electron chi connectivity index (χ2n) is 2.88. The third kappa shape index (κ3) is 1.99. The molecule has 14 heavy (non-hydrogen) atoms. The van der Waals surface area contributed by atoms with Gasteiger partial charge < -0.3 is 0 Å². The summed E-state index contributed by atoms with van der Waals surface area (Å²) >= 11 is 3.25. The Morgan fingerprint density at radius 3 is 2.57 bits per heavy atom. The van der Waals surface area contributed by atoms with E-state index in [1.54, 1.807) is 12.3 Å². The van der Waals surface area contributed by atoms with Gasteiger partial charge in [-0.25, -0.2) is 9.37 Å². The fourth-order valence-corrected chi connectivity index (χ4v) is 1.45. The summed E-state index contributed by atoms with van der Waals surface area (Å²) in [6, 6.07) is 10.2. The average molecular weight is 252 g/mol. The SMILES string of the molecule is Fc1cccc(-c2ccc(Br)nc2)c1. The smallest absolute Gasteiger partial charge is 0.123 e. The minimum Gasteiger partial charge on any atom is -0.249 e. The van der Waals surface area contributed by atoms with E-state index in [2.05, 4.69) is 20.9 Å². The number of benzene rings is 1. The van der Waals surface area contributed by atoms with Gasteiger partial charge in [0.25, 0.3) is 0 Å². The summed E-state index contributed by atoms with van der Waals surface area (Å²) in [5.74, 6) is -0.231. The van der Waals surface area contributed by atoms with Gasteiger partial charge in [0.15, 0.2) is 0 Å². The van der Waals surface area contributed by atoms with Crippen molar-refractivity contribution in [2.75, 3.05) is 0 Å². The molecule has 0 bridgehead atoms. The maximum Gasteiger partial charge on any atom is 0.123 e. The number of pyridine rings is 1. The number of hydrogen-bond donors (Lipinski definition) is 0. The van der Waals surface area contributed by atoms with Crippen LogP contribution in [0.4, 0.5) is 4.39 Å². The zero-order valence-corrected chi connectivity index (χ0v) is 8.83. The zero-order chi connectivity index (χ0) is 9.97. The number of halogens is 2. The summed E-state index contributed by atoms with van der Waals surface area (Å²) in [7, 11) is 0. The highest BCUT2D eigenvalue weighted by Crippen LogP contribution is 2.20. The average Bonchev–Trinajstić information content (AvgIpc) is 2.19. The standard InChI is InChI=1S/C11H7BrFN/c12-11-5-4-9(7-14-11)8-2-1-3-10(13)6-8/h1-7H. The zero-order valence-electron chi connectivity index (χ0n) is 7.24. The van der Waals surface area contributed by atoms with E-state index in [0.29, 0.717) is 0 Å². The highest BCUT2D eigenvalue weighted by molar-refractivity contribution is 9.10. The first-order valence-electron chi connectivity index (χ1n) is 4.13. The molecule has 1 aromatic carbocycles. The predicted molar refractivity (Wildman–Crippen MR) is 57.3 cm³/mol. The second-order valence-corrected chi connectivity index (χ2v) is 3.69. The van der Waals surface area contributed by atoms with Crippen molar-refractivity contribution in [2.45, 2.75) is 0 Å². The van der Waals surface area contributed by atoms with Crippen LogP contribution in [0, 0.1) is 5.82 Å². The highest BCUT2D eigenvalue weighted by Gasteiger charge is 1.98. The molecule has 0 amide bonds. The Morgan fingerprint density at radius 1 is 1.07 bits per heavy atom. The van der Waals surface area contributed by atoms with Gasteiger partial charge in [-0.1, -0.05) is 18.2 Å². The van der Waals surface area contributed by atoms with Crippen LogP contribution in [-0.4, -0.2) is 4.98 Å². The normalized spacial score (nSPS) is 10.1. The minimum atomic E-state index is -0.231. The summed E-state index contributed by atoms with van der Waals surface area (Å²) in [4.78, 5) is 4.08. The van der Waals surface area contributed by atoms with Crippen molar-refractivity contribution in [1.82, 2.24) is 4.98 Å². The molecule has 0 saturated heterocycles. The number of aromatic nitrogens is 1. The first-order valence-corrected chi connectivity index (χ1v) is 4.92. The number of rotatable bonds is 1. The van der Waals surface area contributed by atoms with E-state index < -0.39 is 0 Å². The fourth-order valence-electron chi connectivity index (χ4n) is 1.21. The molecule has 0 aliphatic carbocycles. The van der Waals surface area contributed by atoms with E-state index in [9.17, 15) is 4.39 Å². The van der Waals surface area contributed by atoms with Crippen molar-refractivity contribution in [3.05, 3.63) is 53.0 Å². The molecule has 0 radical (unpaired) electrons. The van der Waals surface area contributed by atoms with Crippen molar-refractivity contribution in [3.63, 3.8) is 0 Å². The van der Waals surface area contributed by atoms with Gasteiger partial charge in [0.2, 0.25) is 0 Å². The lowest BCUT2D eigenvalue weighted by atomic mass is 10.1. The molecule has 0 spiro atoms. The topological polar surface area (TPSA) is 12.9 Å². The van der Waals surface area contributed by atoms with Gasteiger partial charge in [0.05, 0.1) is 0 Å². The van der Waals surface area contributed by atoms with Crippen LogP contribution in [0.1, 0.15) is 0 Å². The molecule has 0 aliphatic heterocycles. The Kier molecular flexibility index (Phi) is 2.59. The molecule has 0 fully saturated rings. The van der Waals surface area contributed by atoms with Gasteiger partial charge in [-0.2, -0.15) is 0 Å². The summed E-state index contributed by atoms with van der Waals surface area (Å²) in [6.45, 7) is 0. The van der Waals surface area contributed by atoms with E-state index >= 15 is 0 Å². The van der Waals surface area contributed by atoms with Crippen LogP contribution >= 0.6 is 15.9 Å². The van der Waals surface area contributed by atoms with Crippen molar-refractivity contribution in [2.24, 2.45) is 0 Å². The Hall–Kier alpha value is -1.22. The first kappa shape index (κ1) is 9.34. The molecule has 70 valence electrons. The van der Waals surface area contributed by atoms with E-state index in [4.69, 9.17) is 0 Å². The third-order valence-electron chi connectivity index (χ3n) is 1.89. The molecular weight excluding hydrogens is 245 g/mol. The van der Waals surface area contributed by atoms with Crippen molar-refractivity contribution in [1.29, 1.82) is 0 Å². The van der Waals surface area contributed by atoms with Gasteiger partial charge in [0, 0.05) is 11.8 Å². The maximum atomic E-state index is 12.9. The van der Waals surface area contributed by atoms with E-state index in [1.807, 2.05) is 18.2 Å². The van der Waals surface area contributed by atoms with Crippen LogP contribution in [0.3, 0.4) is 0 Å². The lowest BCUT2D eigenvalue weighted by Gasteiger charge is -2.00. The lowest BCUT2D eigenvalue weighted by Crippen LogP contribution is -1.81. The van der Waals surface area contributed by atoms with E-state index in [1.165, 1.54) is 12.1 Å². The molecular formula is C11H7BrFN. The van der Waals surface area contributed by atoms with Crippen LogP contribution in [0.2, 0.25) is 0 Å². The Labute approximate surface area is 89.7 Å². The molecule has 1 aromatic heterocycles. The summed E-state index contributed by atoms with van der Waals surface area (Å²) in [6.07, 6.45) is 1.71. The van der Waals surface area contributed by atoms with Crippen LogP contribution in [0.5, 0.6) is 0 Å². The molecule has 1 heterocycles. The van der Waals surface area contributed by atoms with Crippen LogP contribution in [0.15, 0.2) is 47.2 Å². The molecule has 1 nitrogen and oxygen atoms in total. The highest BCUT2D eigenvalue weighted by atomic mass is 79.9. The molecule has 0 aliphatic rings. The van der Waals surface area contributed by atoms with Crippen molar-refractivity contribution >= 4 is 15.9 Å². The Morgan fingerprint density at radius 2 is 1.93 bits per heavy atom. The molecule has 3 heteroatoms. The van der Waals surface area contributed by atoms with Crippen molar-refractivity contribution < 1.29 is 4.39 Å².